The smallest absolute Gasteiger partial charge is 0.312 e. The van der Waals surface area contributed by atoms with Gasteiger partial charge in [-0.25, -0.2) is 4.79 Å². The molecule has 0 aromatic rings. The number of rotatable bonds is 2. The monoisotopic (exact) mass is 171 g/mol. The summed E-state index contributed by atoms with van der Waals surface area (Å²) in [4.78, 5) is 23.2. The number of urea groups is 1. The molecule has 1 heterocycles. The minimum Gasteiger partial charge on any atom is -0.352 e. The molecule has 0 saturated carbocycles. The predicted octanol–water partition coefficient (Wildman–Crippen LogP) is -0.723. The maximum Gasteiger partial charge on any atom is 0.312 e. The van der Waals surface area contributed by atoms with Crippen LogP contribution in [-0.4, -0.2) is 36.5 Å². The standard InChI is InChI=1S/C7H13N3O2/c8-7(12)9-5-6(11)10-3-1-2-4-10/h1-5H2,(H3,8,9,12). The molecule has 0 unspecified atom stereocenters. The maximum absolute atomic E-state index is 11.2. The second-order valence-electron chi connectivity index (χ2n) is 2.81. The van der Waals surface area contributed by atoms with Gasteiger partial charge in [-0.3, -0.25) is 4.79 Å². The second kappa shape index (κ2) is 3.94. The fourth-order valence-electron chi connectivity index (χ4n) is 1.24. The lowest BCUT2D eigenvalue weighted by Gasteiger charge is -2.14. The molecule has 0 aromatic carbocycles. The van der Waals surface area contributed by atoms with Crippen LogP contribution in [0.15, 0.2) is 0 Å². The van der Waals surface area contributed by atoms with Gasteiger partial charge in [0.25, 0.3) is 0 Å². The highest BCUT2D eigenvalue weighted by Gasteiger charge is 2.17. The third-order valence-corrected chi connectivity index (χ3v) is 1.87. The van der Waals surface area contributed by atoms with Crippen molar-refractivity contribution in [3.05, 3.63) is 0 Å². The topological polar surface area (TPSA) is 75.4 Å². The molecule has 5 heteroatoms. The van der Waals surface area contributed by atoms with Crippen molar-refractivity contribution >= 4 is 11.9 Å². The van der Waals surface area contributed by atoms with Crippen LogP contribution >= 0.6 is 0 Å². The van der Waals surface area contributed by atoms with E-state index in [0.717, 1.165) is 25.9 Å². The van der Waals surface area contributed by atoms with E-state index in [-0.39, 0.29) is 12.5 Å². The fourth-order valence-corrected chi connectivity index (χ4v) is 1.24. The van der Waals surface area contributed by atoms with Crippen molar-refractivity contribution in [2.24, 2.45) is 5.73 Å². The van der Waals surface area contributed by atoms with Gasteiger partial charge in [-0.05, 0) is 12.8 Å². The molecule has 0 aliphatic carbocycles. The molecule has 1 saturated heterocycles. The molecular formula is C7H13N3O2. The fraction of sp³-hybridized carbons (Fsp3) is 0.714. The lowest BCUT2D eigenvalue weighted by Crippen LogP contribution is -2.40. The highest BCUT2D eigenvalue weighted by atomic mass is 16.2. The number of nitrogens with two attached hydrogens (primary N) is 1. The molecule has 3 amide bonds. The summed E-state index contributed by atoms with van der Waals surface area (Å²) in [5.74, 6) is -0.0497. The summed E-state index contributed by atoms with van der Waals surface area (Å²) in [5, 5.41) is 2.27. The van der Waals surface area contributed by atoms with Gasteiger partial charge < -0.3 is 16.0 Å². The maximum atomic E-state index is 11.2. The van der Waals surface area contributed by atoms with Crippen molar-refractivity contribution in [2.45, 2.75) is 12.8 Å². The molecule has 5 nitrogen and oxygen atoms in total. The molecule has 3 N–H and O–H groups in total. The first-order valence-electron chi connectivity index (χ1n) is 4.01. The van der Waals surface area contributed by atoms with Crippen LogP contribution in [0.4, 0.5) is 4.79 Å². The number of nitrogens with zero attached hydrogens (tertiary/aromatic N) is 1. The van der Waals surface area contributed by atoms with Gasteiger partial charge in [-0.1, -0.05) is 0 Å². The Morgan fingerprint density at radius 1 is 1.33 bits per heavy atom. The highest BCUT2D eigenvalue weighted by Crippen LogP contribution is 2.06. The normalized spacial score (nSPS) is 16.2. The van der Waals surface area contributed by atoms with Crippen LogP contribution in [0.2, 0.25) is 0 Å². The lowest BCUT2D eigenvalue weighted by atomic mass is 10.4. The van der Waals surface area contributed by atoms with Crippen LogP contribution in [0.5, 0.6) is 0 Å². The summed E-state index contributed by atoms with van der Waals surface area (Å²) < 4.78 is 0. The molecule has 1 rings (SSSR count). The number of hydrogen-bond donors (Lipinski definition) is 2. The molecule has 68 valence electrons. The van der Waals surface area contributed by atoms with Crippen molar-refractivity contribution in [3.63, 3.8) is 0 Å². The number of nitrogens with one attached hydrogen (secondary N) is 1. The van der Waals surface area contributed by atoms with E-state index in [1.54, 1.807) is 4.90 Å². The van der Waals surface area contributed by atoms with Crippen molar-refractivity contribution in [3.8, 4) is 0 Å². The Labute approximate surface area is 70.9 Å². The number of hydrogen-bond acceptors (Lipinski definition) is 2. The Hall–Kier alpha value is -1.26. The Balaban J connectivity index is 2.23. The average Bonchev–Trinajstić information content (AvgIpc) is 2.51. The summed E-state index contributed by atoms with van der Waals surface area (Å²) in [6.07, 6.45) is 2.12. The molecule has 1 fully saturated rings. The van der Waals surface area contributed by atoms with E-state index in [0.29, 0.717) is 0 Å². The van der Waals surface area contributed by atoms with Crippen LogP contribution in [-0.2, 0) is 4.79 Å². The van der Waals surface area contributed by atoms with E-state index in [1.165, 1.54) is 0 Å². The van der Waals surface area contributed by atoms with Gasteiger partial charge >= 0.3 is 6.03 Å². The summed E-state index contributed by atoms with van der Waals surface area (Å²) in [6.45, 7) is 1.63. The first kappa shape index (κ1) is 8.83. The van der Waals surface area contributed by atoms with E-state index in [4.69, 9.17) is 5.73 Å². The molecular weight excluding hydrogens is 158 g/mol. The lowest BCUT2D eigenvalue weighted by molar-refractivity contribution is -0.128. The average molecular weight is 171 g/mol. The largest absolute Gasteiger partial charge is 0.352 e. The van der Waals surface area contributed by atoms with E-state index in [1.807, 2.05) is 0 Å². The zero-order chi connectivity index (χ0) is 8.97. The molecule has 12 heavy (non-hydrogen) atoms. The molecule has 1 aliphatic rings. The molecule has 0 aromatic heterocycles. The first-order valence-corrected chi connectivity index (χ1v) is 4.01. The van der Waals surface area contributed by atoms with E-state index in [9.17, 15) is 9.59 Å². The van der Waals surface area contributed by atoms with Crippen molar-refractivity contribution in [1.82, 2.24) is 10.2 Å². The quantitative estimate of drug-likeness (QED) is 0.575. The Morgan fingerprint density at radius 3 is 2.42 bits per heavy atom. The minimum absolute atomic E-state index is 0.0231. The summed E-state index contributed by atoms with van der Waals surface area (Å²) >= 11 is 0. The zero-order valence-corrected chi connectivity index (χ0v) is 6.88. The van der Waals surface area contributed by atoms with Gasteiger partial charge in [0.05, 0.1) is 6.54 Å². The Kier molecular flexibility index (Phi) is 2.90. The summed E-state index contributed by atoms with van der Waals surface area (Å²) in [6, 6.07) is -0.650. The highest BCUT2D eigenvalue weighted by molar-refractivity contribution is 5.83. The number of amides is 3. The van der Waals surface area contributed by atoms with E-state index in [2.05, 4.69) is 5.32 Å². The van der Waals surface area contributed by atoms with Gasteiger partial charge in [0.15, 0.2) is 0 Å². The number of carbonyl (C=O) groups is 2. The van der Waals surface area contributed by atoms with Crippen LogP contribution < -0.4 is 11.1 Å². The van der Waals surface area contributed by atoms with Crippen molar-refractivity contribution < 1.29 is 9.59 Å². The predicted molar refractivity (Wildman–Crippen MR) is 43.4 cm³/mol. The van der Waals surface area contributed by atoms with Gasteiger partial charge in [0.1, 0.15) is 0 Å². The zero-order valence-electron chi connectivity index (χ0n) is 6.88. The van der Waals surface area contributed by atoms with Crippen LogP contribution in [0, 0.1) is 0 Å². The van der Waals surface area contributed by atoms with Crippen LogP contribution in [0.1, 0.15) is 12.8 Å². The SMILES string of the molecule is NC(=O)NCC(=O)N1CCCC1. The van der Waals surface area contributed by atoms with E-state index < -0.39 is 6.03 Å². The van der Waals surface area contributed by atoms with Gasteiger partial charge in [-0.15, -0.1) is 0 Å². The van der Waals surface area contributed by atoms with Crippen LogP contribution in [0.25, 0.3) is 0 Å². The molecule has 0 bridgehead atoms. The molecule has 0 atom stereocenters. The van der Waals surface area contributed by atoms with Gasteiger partial charge in [0, 0.05) is 13.1 Å². The number of primary amides is 1. The number of likely N-dealkylation sites (tertiary alicyclic amines) is 1. The van der Waals surface area contributed by atoms with E-state index >= 15 is 0 Å². The van der Waals surface area contributed by atoms with Crippen molar-refractivity contribution in [2.75, 3.05) is 19.6 Å². The molecule has 1 aliphatic heterocycles. The summed E-state index contributed by atoms with van der Waals surface area (Å²) in [7, 11) is 0. The third kappa shape index (κ3) is 2.41. The Morgan fingerprint density at radius 2 is 1.92 bits per heavy atom. The third-order valence-electron chi connectivity index (χ3n) is 1.87. The number of carbonyl (C=O) groups excluding carboxylic acids is 2. The first-order chi connectivity index (χ1) is 5.70. The minimum atomic E-state index is -0.650. The second-order valence-corrected chi connectivity index (χ2v) is 2.81. The van der Waals surface area contributed by atoms with Gasteiger partial charge in [-0.2, -0.15) is 0 Å². The van der Waals surface area contributed by atoms with Crippen LogP contribution in [0.3, 0.4) is 0 Å². The van der Waals surface area contributed by atoms with Crippen molar-refractivity contribution in [1.29, 1.82) is 0 Å². The molecule has 0 spiro atoms. The molecule has 0 radical (unpaired) electrons. The summed E-state index contributed by atoms with van der Waals surface area (Å²) in [5.41, 5.74) is 4.82. The Bertz CT molecular complexity index is 187. The van der Waals surface area contributed by atoms with Gasteiger partial charge in [0.2, 0.25) is 5.91 Å².